The number of imidazole rings is 1. The molecule has 0 unspecified atom stereocenters. The van der Waals surface area contributed by atoms with Gasteiger partial charge in [-0.15, -0.1) is 4.83 Å². The number of benzene rings is 2. The van der Waals surface area contributed by atoms with Gasteiger partial charge in [-0.25, -0.2) is 22.2 Å². The largest absolute Gasteiger partial charge is 0.491 e. The molecule has 12 heteroatoms. The van der Waals surface area contributed by atoms with E-state index in [0.717, 1.165) is 12.1 Å². The van der Waals surface area contributed by atoms with E-state index in [0.29, 0.717) is 11.3 Å². The average Bonchev–Trinajstić information content (AvgIpc) is 3.14. The minimum atomic E-state index is -4.50. The molecule has 0 aliphatic carbocycles. The topological polar surface area (TPSA) is 102 Å². The molecule has 3 aromatic rings. The molecule has 170 valence electrons. The number of carbonyl (C=O) groups is 1. The molecule has 1 amide bonds. The highest BCUT2D eigenvalue weighted by Crippen LogP contribution is 2.27. The highest BCUT2D eigenvalue weighted by Gasteiger charge is 2.23. The molecule has 0 saturated heterocycles. The zero-order chi connectivity index (χ0) is 23.6. The lowest BCUT2D eigenvalue weighted by atomic mass is 10.1. The number of nitrogens with one attached hydrogen (secondary N) is 2. The van der Waals surface area contributed by atoms with Crippen molar-refractivity contribution in [3.8, 4) is 17.0 Å². The maximum Gasteiger partial charge on any atom is 0.269 e. The summed E-state index contributed by atoms with van der Waals surface area (Å²) >= 11 is 5.89. The molecule has 2 aromatic carbocycles. The van der Waals surface area contributed by atoms with Crippen LogP contribution in [0, 0.1) is 11.6 Å². The lowest BCUT2D eigenvalue weighted by molar-refractivity contribution is 0.0941. The maximum absolute atomic E-state index is 14.4. The fourth-order valence-electron chi connectivity index (χ4n) is 2.74. The molecule has 0 fully saturated rings. The highest BCUT2D eigenvalue weighted by molar-refractivity contribution is 7.89. The fraction of sp³-hybridized carbons (Fsp3) is 0.200. The molecule has 0 spiro atoms. The van der Waals surface area contributed by atoms with Crippen LogP contribution in [0.5, 0.6) is 5.75 Å². The monoisotopic (exact) mass is 484 g/mol. The average molecular weight is 485 g/mol. The fourth-order valence-corrected chi connectivity index (χ4v) is 3.86. The molecular weight excluding hydrogens is 466 g/mol. The van der Waals surface area contributed by atoms with Gasteiger partial charge in [0.15, 0.2) is 5.82 Å². The summed E-state index contributed by atoms with van der Waals surface area (Å²) in [6.07, 6.45) is 2.90. The quantitative estimate of drug-likeness (QED) is 0.500. The van der Waals surface area contributed by atoms with Gasteiger partial charge in [0, 0.05) is 24.9 Å². The number of aryl methyl sites for hydroxylation is 1. The van der Waals surface area contributed by atoms with E-state index < -0.39 is 38.0 Å². The van der Waals surface area contributed by atoms with Crippen LogP contribution in [-0.4, -0.2) is 30.0 Å². The van der Waals surface area contributed by atoms with Crippen LogP contribution >= 0.6 is 11.6 Å². The molecule has 0 atom stereocenters. The van der Waals surface area contributed by atoms with Gasteiger partial charge in [-0.2, -0.15) is 0 Å². The predicted molar refractivity (Wildman–Crippen MR) is 114 cm³/mol. The van der Waals surface area contributed by atoms with E-state index in [4.69, 9.17) is 16.3 Å². The molecule has 32 heavy (non-hydrogen) atoms. The molecule has 0 saturated carbocycles. The van der Waals surface area contributed by atoms with Crippen molar-refractivity contribution < 1.29 is 26.7 Å². The molecule has 0 aliphatic rings. The summed E-state index contributed by atoms with van der Waals surface area (Å²) < 4.78 is 60.5. The number of sulfonamides is 1. The third-order valence-electron chi connectivity index (χ3n) is 4.14. The Balaban J connectivity index is 1.81. The Labute approximate surface area is 188 Å². The smallest absolute Gasteiger partial charge is 0.269 e. The third-order valence-corrected chi connectivity index (χ3v) is 5.69. The molecule has 2 N–H and O–H groups in total. The van der Waals surface area contributed by atoms with Crippen molar-refractivity contribution in [3.05, 3.63) is 65.1 Å². The number of aromatic nitrogens is 2. The molecular formula is C20H19ClF2N4O4S. The molecule has 0 radical (unpaired) electrons. The Morgan fingerprint density at radius 2 is 1.94 bits per heavy atom. The molecule has 1 heterocycles. The second-order valence-corrected chi connectivity index (χ2v) is 9.12. The SMILES string of the molecule is CC(C)Oc1ccc(S(=O)(=O)NNC(=O)c2cc(-c3cn(C)cn3)cc(Cl)c2F)c(F)c1. The van der Waals surface area contributed by atoms with Gasteiger partial charge in [-0.1, -0.05) is 11.6 Å². The number of carbonyl (C=O) groups excluding carboxylic acids is 1. The van der Waals surface area contributed by atoms with Crippen LogP contribution in [-0.2, 0) is 17.1 Å². The molecule has 1 aromatic heterocycles. The van der Waals surface area contributed by atoms with Crippen LogP contribution in [0.15, 0.2) is 47.8 Å². The summed E-state index contributed by atoms with van der Waals surface area (Å²) in [4.78, 5) is 17.6. The van der Waals surface area contributed by atoms with Crippen molar-refractivity contribution in [1.82, 2.24) is 19.8 Å². The Hall–Kier alpha value is -3.02. The number of ether oxygens (including phenoxy) is 1. The first-order chi connectivity index (χ1) is 15.0. The second kappa shape index (κ2) is 9.23. The number of hydrogen-bond acceptors (Lipinski definition) is 5. The summed E-state index contributed by atoms with van der Waals surface area (Å²) in [7, 11) is -2.78. The van der Waals surface area contributed by atoms with Crippen molar-refractivity contribution in [2.45, 2.75) is 24.8 Å². The number of hydrazine groups is 1. The van der Waals surface area contributed by atoms with Crippen molar-refractivity contribution >= 4 is 27.5 Å². The second-order valence-electron chi connectivity index (χ2n) is 7.06. The first-order valence-electron chi connectivity index (χ1n) is 9.23. The molecule has 0 bridgehead atoms. The summed E-state index contributed by atoms with van der Waals surface area (Å²) in [6.45, 7) is 3.46. The minimum absolute atomic E-state index is 0.142. The third kappa shape index (κ3) is 5.23. The van der Waals surface area contributed by atoms with E-state index in [1.165, 1.54) is 24.5 Å². The van der Waals surface area contributed by atoms with Gasteiger partial charge in [0.2, 0.25) is 0 Å². The number of halogens is 3. The van der Waals surface area contributed by atoms with E-state index in [9.17, 15) is 22.0 Å². The van der Waals surface area contributed by atoms with Crippen molar-refractivity contribution in [1.29, 1.82) is 0 Å². The van der Waals surface area contributed by atoms with Gasteiger partial charge >= 0.3 is 0 Å². The van der Waals surface area contributed by atoms with Crippen LogP contribution in [0.4, 0.5) is 8.78 Å². The van der Waals surface area contributed by atoms with Crippen LogP contribution in [0.2, 0.25) is 5.02 Å². The first-order valence-corrected chi connectivity index (χ1v) is 11.1. The Morgan fingerprint density at radius 1 is 1.22 bits per heavy atom. The standard InChI is InChI=1S/C20H19ClF2N4O4S/c1-11(2)31-13-4-5-18(16(22)8-13)32(29,30)26-25-20(28)14-6-12(7-15(21)19(14)23)17-9-27(3)10-24-17/h4-11,26H,1-3H3,(H,25,28). The maximum atomic E-state index is 14.4. The summed E-state index contributed by atoms with van der Waals surface area (Å²) in [5.41, 5.74) is 2.11. The molecule has 8 nitrogen and oxygen atoms in total. The number of amides is 1. The summed E-state index contributed by atoms with van der Waals surface area (Å²) in [6, 6.07) is 5.63. The van der Waals surface area contributed by atoms with E-state index in [-0.39, 0.29) is 16.9 Å². The van der Waals surface area contributed by atoms with Gasteiger partial charge in [0.1, 0.15) is 16.5 Å². The number of hydrogen-bond donors (Lipinski definition) is 2. The van der Waals surface area contributed by atoms with Gasteiger partial charge in [0.25, 0.3) is 15.9 Å². The van der Waals surface area contributed by atoms with Crippen LogP contribution in [0.3, 0.4) is 0 Å². The van der Waals surface area contributed by atoms with E-state index in [1.54, 1.807) is 36.5 Å². The normalized spacial score (nSPS) is 11.6. The Kier molecular flexibility index (Phi) is 6.82. The highest BCUT2D eigenvalue weighted by atomic mass is 35.5. The number of rotatable bonds is 7. The van der Waals surface area contributed by atoms with Crippen molar-refractivity contribution in [3.63, 3.8) is 0 Å². The molecule has 0 aliphatic heterocycles. The van der Waals surface area contributed by atoms with E-state index in [1.807, 2.05) is 5.43 Å². The van der Waals surface area contributed by atoms with Gasteiger partial charge in [0.05, 0.1) is 28.7 Å². The predicted octanol–water partition coefficient (Wildman–Crippen LogP) is 3.43. The Morgan fingerprint density at radius 3 is 2.53 bits per heavy atom. The van der Waals surface area contributed by atoms with Gasteiger partial charge in [-0.3, -0.25) is 10.2 Å². The molecule has 3 rings (SSSR count). The summed E-state index contributed by atoms with van der Waals surface area (Å²) in [5, 5.41) is -0.354. The zero-order valence-corrected chi connectivity index (χ0v) is 18.8. The van der Waals surface area contributed by atoms with Gasteiger partial charge < -0.3 is 9.30 Å². The Bertz CT molecular complexity index is 1280. The van der Waals surface area contributed by atoms with Crippen LogP contribution in [0.25, 0.3) is 11.3 Å². The van der Waals surface area contributed by atoms with E-state index in [2.05, 4.69) is 4.98 Å². The zero-order valence-electron chi connectivity index (χ0n) is 17.2. The minimum Gasteiger partial charge on any atom is -0.491 e. The van der Waals surface area contributed by atoms with Gasteiger partial charge in [-0.05, 0) is 38.1 Å². The first kappa shape index (κ1) is 23.6. The van der Waals surface area contributed by atoms with E-state index >= 15 is 0 Å². The lowest BCUT2D eigenvalue weighted by Crippen LogP contribution is -2.42. The lowest BCUT2D eigenvalue weighted by Gasteiger charge is -2.13. The summed E-state index contributed by atoms with van der Waals surface area (Å²) in [5.74, 6) is -3.13. The van der Waals surface area contributed by atoms with Crippen molar-refractivity contribution in [2.75, 3.05) is 0 Å². The number of nitrogens with zero attached hydrogens (tertiary/aromatic N) is 2. The van der Waals surface area contributed by atoms with Crippen LogP contribution < -0.4 is 15.0 Å². The van der Waals surface area contributed by atoms with Crippen LogP contribution in [0.1, 0.15) is 24.2 Å². The van der Waals surface area contributed by atoms with Crippen molar-refractivity contribution in [2.24, 2.45) is 7.05 Å².